The molecule has 2 N–H and O–H groups in total. The molecule has 1 aromatic heterocycles. The molecule has 1 fully saturated rings. The molecule has 0 spiro atoms. The largest absolute Gasteiger partial charge is 0.335 e. The van der Waals surface area contributed by atoms with Crippen molar-refractivity contribution in [3.05, 3.63) is 53.1 Å². The summed E-state index contributed by atoms with van der Waals surface area (Å²) in [4.78, 5) is 14.5. The SMILES string of the molecule is Cc1cc(C(=O)N2CC(N)C(c3cccc(F)c3)C2)nn1C(C)C. The van der Waals surface area contributed by atoms with Crippen LogP contribution in [0, 0.1) is 12.7 Å². The van der Waals surface area contributed by atoms with Gasteiger partial charge in [0, 0.05) is 36.8 Å². The van der Waals surface area contributed by atoms with E-state index in [1.165, 1.54) is 12.1 Å². The van der Waals surface area contributed by atoms with Crippen LogP contribution in [0.4, 0.5) is 4.39 Å². The number of nitrogens with zero attached hydrogens (tertiary/aromatic N) is 3. The predicted molar refractivity (Wildman–Crippen MR) is 90.4 cm³/mol. The van der Waals surface area contributed by atoms with Gasteiger partial charge in [-0.2, -0.15) is 5.10 Å². The Morgan fingerprint density at radius 1 is 1.33 bits per heavy atom. The molecule has 1 aromatic carbocycles. The van der Waals surface area contributed by atoms with E-state index in [1.54, 1.807) is 11.0 Å². The Balaban J connectivity index is 1.79. The van der Waals surface area contributed by atoms with Gasteiger partial charge in [-0.15, -0.1) is 0 Å². The van der Waals surface area contributed by atoms with Crippen LogP contribution in [0.3, 0.4) is 0 Å². The molecular weight excluding hydrogens is 307 g/mol. The molecule has 128 valence electrons. The smallest absolute Gasteiger partial charge is 0.274 e. The fourth-order valence-corrected chi connectivity index (χ4v) is 3.36. The number of benzene rings is 1. The number of halogens is 1. The van der Waals surface area contributed by atoms with Crippen LogP contribution in [0.1, 0.15) is 47.6 Å². The fourth-order valence-electron chi connectivity index (χ4n) is 3.36. The maximum Gasteiger partial charge on any atom is 0.274 e. The Kier molecular flexibility index (Phi) is 4.41. The second-order valence-electron chi connectivity index (χ2n) is 6.74. The molecule has 0 aliphatic carbocycles. The molecule has 0 bridgehead atoms. The van der Waals surface area contributed by atoms with Crippen LogP contribution in [0.25, 0.3) is 0 Å². The fraction of sp³-hybridized carbons (Fsp3) is 0.444. The van der Waals surface area contributed by atoms with E-state index in [9.17, 15) is 9.18 Å². The number of hydrogen-bond donors (Lipinski definition) is 1. The molecule has 0 saturated carbocycles. The second-order valence-corrected chi connectivity index (χ2v) is 6.74. The van der Waals surface area contributed by atoms with Gasteiger partial charge in [-0.05, 0) is 44.5 Å². The third-order valence-electron chi connectivity index (χ3n) is 4.56. The third-order valence-corrected chi connectivity index (χ3v) is 4.56. The van der Waals surface area contributed by atoms with Crippen molar-refractivity contribution >= 4 is 5.91 Å². The lowest BCUT2D eigenvalue weighted by Gasteiger charge is -2.15. The molecule has 5 nitrogen and oxygen atoms in total. The lowest BCUT2D eigenvalue weighted by Crippen LogP contribution is -2.32. The molecule has 2 heterocycles. The van der Waals surface area contributed by atoms with E-state index >= 15 is 0 Å². The minimum absolute atomic E-state index is 0.0575. The summed E-state index contributed by atoms with van der Waals surface area (Å²) in [5.41, 5.74) is 8.44. The van der Waals surface area contributed by atoms with Crippen LogP contribution >= 0.6 is 0 Å². The Morgan fingerprint density at radius 2 is 2.08 bits per heavy atom. The van der Waals surface area contributed by atoms with E-state index < -0.39 is 0 Å². The molecular formula is C18H23FN4O. The van der Waals surface area contributed by atoms with Crippen molar-refractivity contribution in [3.63, 3.8) is 0 Å². The summed E-state index contributed by atoms with van der Waals surface area (Å²) >= 11 is 0. The highest BCUT2D eigenvalue weighted by Crippen LogP contribution is 2.28. The third kappa shape index (κ3) is 3.06. The Morgan fingerprint density at radius 3 is 2.71 bits per heavy atom. The Bertz CT molecular complexity index is 755. The zero-order valence-corrected chi connectivity index (χ0v) is 14.2. The minimum atomic E-state index is -0.282. The number of rotatable bonds is 3. The Hall–Kier alpha value is -2.21. The van der Waals surface area contributed by atoms with Gasteiger partial charge in [-0.1, -0.05) is 12.1 Å². The van der Waals surface area contributed by atoms with E-state index in [0.29, 0.717) is 18.8 Å². The van der Waals surface area contributed by atoms with Crippen LogP contribution in [-0.2, 0) is 0 Å². The van der Waals surface area contributed by atoms with Gasteiger partial charge in [0.15, 0.2) is 5.69 Å². The van der Waals surface area contributed by atoms with Crippen molar-refractivity contribution in [3.8, 4) is 0 Å². The first-order chi connectivity index (χ1) is 11.4. The van der Waals surface area contributed by atoms with Gasteiger partial charge in [-0.25, -0.2) is 4.39 Å². The van der Waals surface area contributed by atoms with E-state index in [1.807, 2.05) is 37.6 Å². The monoisotopic (exact) mass is 330 g/mol. The van der Waals surface area contributed by atoms with Gasteiger partial charge in [0.05, 0.1) is 0 Å². The Labute approximate surface area is 141 Å². The number of hydrogen-bond acceptors (Lipinski definition) is 3. The molecule has 1 aliphatic heterocycles. The van der Waals surface area contributed by atoms with Crippen LogP contribution < -0.4 is 5.73 Å². The van der Waals surface area contributed by atoms with Gasteiger partial charge in [0.25, 0.3) is 5.91 Å². The summed E-state index contributed by atoms with van der Waals surface area (Å²) in [5.74, 6) is -0.458. The number of amides is 1. The minimum Gasteiger partial charge on any atom is -0.335 e. The number of aryl methyl sites for hydroxylation is 1. The van der Waals surface area contributed by atoms with E-state index in [-0.39, 0.29) is 29.7 Å². The first kappa shape index (κ1) is 16.6. The summed E-state index contributed by atoms with van der Waals surface area (Å²) in [6, 6.07) is 8.25. The maximum atomic E-state index is 13.5. The number of carbonyl (C=O) groups is 1. The molecule has 1 aliphatic rings. The summed E-state index contributed by atoms with van der Waals surface area (Å²) in [6.07, 6.45) is 0. The molecule has 2 aromatic rings. The quantitative estimate of drug-likeness (QED) is 0.940. The van der Waals surface area contributed by atoms with Gasteiger partial charge in [0.2, 0.25) is 0 Å². The second kappa shape index (κ2) is 6.36. The zero-order valence-electron chi connectivity index (χ0n) is 14.2. The summed E-state index contributed by atoms with van der Waals surface area (Å²) < 4.78 is 15.3. The average Bonchev–Trinajstić information content (AvgIpc) is 3.10. The van der Waals surface area contributed by atoms with Gasteiger partial charge < -0.3 is 10.6 Å². The van der Waals surface area contributed by atoms with Crippen LogP contribution in [0.5, 0.6) is 0 Å². The molecule has 1 saturated heterocycles. The lowest BCUT2D eigenvalue weighted by atomic mass is 9.95. The van der Waals surface area contributed by atoms with Gasteiger partial charge >= 0.3 is 0 Å². The summed E-state index contributed by atoms with van der Waals surface area (Å²) in [5, 5.41) is 4.42. The molecule has 0 radical (unpaired) electrons. The van der Waals surface area contributed by atoms with Crippen molar-refractivity contribution in [2.75, 3.05) is 13.1 Å². The summed E-state index contributed by atoms with van der Waals surface area (Å²) in [6.45, 7) is 6.93. The highest BCUT2D eigenvalue weighted by molar-refractivity contribution is 5.92. The zero-order chi connectivity index (χ0) is 17.4. The van der Waals surface area contributed by atoms with Crippen molar-refractivity contribution in [1.29, 1.82) is 0 Å². The predicted octanol–water partition coefficient (Wildman–Crippen LogP) is 2.48. The highest BCUT2D eigenvalue weighted by atomic mass is 19.1. The van der Waals surface area contributed by atoms with Crippen LogP contribution in [0.15, 0.2) is 30.3 Å². The number of aromatic nitrogens is 2. The topological polar surface area (TPSA) is 64.2 Å². The van der Waals surface area contributed by atoms with Crippen molar-refractivity contribution in [2.24, 2.45) is 5.73 Å². The van der Waals surface area contributed by atoms with E-state index in [0.717, 1.165) is 11.3 Å². The standard InChI is InChI=1S/C18H23FN4O/c1-11(2)23-12(3)7-17(21-23)18(24)22-9-15(16(20)10-22)13-5-4-6-14(19)8-13/h4-8,11,15-16H,9-10,20H2,1-3H3. The van der Waals surface area contributed by atoms with Gasteiger partial charge in [0.1, 0.15) is 5.82 Å². The highest BCUT2D eigenvalue weighted by Gasteiger charge is 2.35. The maximum absolute atomic E-state index is 13.5. The van der Waals surface area contributed by atoms with Crippen molar-refractivity contribution in [2.45, 2.75) is 38.8 Å². The average molecular weight is 330 g/mol. The van der Waals surface area contributed by atoms with Crippen LogP contribution in [-0.4, -0.2) is 39.7 Å². The van der Waals surface area contributed by atoms with Crippen molar-refractivity contribution < 1.29 is 9.18 Å². The van der Waals surface area contributed by atoms with Crippen molar-refractivity contribution in [1.82, 2.24) is 14.7 Å². The molecule has 24 heavy (non-hydrogen) atoms. The van der Waals surface area contributed by atoms with E-state index in [4.69, 9.17) is 5.73 Å². The molecule has 6 heteroatoms. The first-order valence-electron chi connectivity index (χ1n) is 8.23. The number of likely N-dealkylation sites (tertiary alicyclic amines) is 1. The number of nitrogens with two attached hydrogens (primary N) is 1. The lowest BCUT2D eigenvalue weighted by molar-refractivity contribution is 0.0782. The number of carbonyl (C=O) groups excluding carboxylic acids is 1. The van der Waals surface area contributed by atoms with Crippen LogP contribution in [0.2, 0.25) is 0 Å². The molecule has 1 amide bonds. The normalized spacial score (nSPS) is 20.8. The molecule has 2 unspecified atom stereocenters. The van der Waals surface area contributed by atoms with Gasteiger partial charge in [-0.3, -0.25) is 9.48 Å². The molecule has 3 rings (SSSR count). The summed E-state index contributed by atoms with van der Waals surface area (Å²) in [7, 11) is 0. The van der Waals surface area contributed by atoms with E-state index in [2.05, 4.69) is 5.10 Å². The first-order valence-corrected chi connectivity index (χ1v) is 8.23. The molecule has 2 atom stereocenters.